The maximum absolute atomic E-state index is 13.1. The topological polar surface area (TPSA) is 41.1 Å². The SMILES string of the molecule is CCNCCNC(=O)c1cc(F)cc(C(F)(F)F)c1.Cl. The van der Waals surface area contributed by atoms with Crippen LogP contribution in [0.5, 0.6) is 0 Å². The number of carbonyl (C=O) groups excluding carboxylic acids is 1. The van der Waals surface area contributed by atoms with Crippen molar-refractivity contribution >= 4 is 18.3 Å². The molecule has 1 aromatic carbocycles. The predicted molar refractivity (Wildman–Crippen MR) is 69.5 cm³/mol. The van der Waals surface area contributed by atoms with E-state index in [0.29, 0.717) is 25.2 Å². The maximum atomic E-state index is 13.1. The summed E-state index contributed by atoms with van der Waals surface area (Å²) in [5.74, 6) is -1.82. The summed E-state index contributed by atoms with van der Waals surface area (Å²) in [4.78, 5) is 11.6. The fourth-order valence-corrected chi connectivity index (χ4v) is 1.43. The first-order chi connectivity index (χ1) is 8.84. The molecule has 0 heterocycles. The summed E-state index contributed by atoms with van der Waals surface area (Å²) in [6.45, 7) is 3.34. The van der Waals surface area contributed by atoms with Crippen LogP contribution < -0.4 is 10.6 Å². The Balaban J connectivity index is 0.00000361. The van der Waals surface area contributed by atoms with E-state index in [9.17, 15) is 22.4 Å². The molecule has 114 valence electrons. The highest BCUT2D eigenvalue weighted by Gasteiger charge is 2.31. The number of halogens is 5. The monoisotopic (exact) mass is 314 g/mol. The Morgan fingerprint density at radius 1 is 1.20 bits per heavy atom. The van der Waals surface area contributed by atoms with Crippen LogP contribution >= 0.6 is 12.4 Å². The Morgan fingerprint density at radius 3 is 2.40 bits per heavy atom. The van der Waals surface area contributed by atoms with Crippen molar-refractivity contribution in [2.75, 3.05) is 19.6 Å². The summed E-state index contributed by atoms with van der Waals surface area (Å²) in [5.41, 5.74) is -1.52. The second-order valence-corrected chi connectivity index (χ2v) is 3.84. The lowest BCUT2D eigenvalue weighted by molar-refractivity contribution is -0.137. The van der Waals surface area contributed by atoms with E-state index >= 15 is 0 Å². The first-order valence-electron chi connectivity index (χ1n) is 5.71. The van der Waals surface area contributed by atoms with Crippen LogP contribution in [-0.2, 0) is 6.18 Å². The van der Waals surface area contributed by atoms with E-state index in [2.05, 4.69) is 10.6 Å². The van der Waals surface area contributed by atoms with Crippen molar-refractivity contribution in [2.45, 2.75) is 13.1 Å². The number of carbonyl (C=O) groups is 1. The molecule has 0 saturated carbocycles. The molecule has 0 spiro atoms. The van der Waals surface area contributed by atoms with Gasteiger partial charge in [0.05, 0.1) is 5.56 Å². The predicted octanol–water partition coefficient (Wildman–Crippen LogP) is 2.61. The number of hydrogen-bond acceptors (Lipinski definition) is 2. The molecule has 0 aliphatic heterocycles. The van der Waals surface area contributed by atoms with E-state index in [-0.39, 0.29) is 24.5 Å². The van der Waals surface area contributed by atoms with Gasteiger partial charge in [-0.25, -0.2) is 4.39 Å². The number of amides is 1. The smallest absolute Gasteiger partial charge is 0.351 e. The third-order valence-corrected chi connectivity index (χ3v) is 2.32. The first kappa shape index (κ1) is 18.7. The van der Waals surface area contributed by atoms with E-state index in [4.69, 9.17) is 0 Å². The Labute approximate surface area is 120 Å². The highest BCUT2D eigenvalue weighted by molar-refractivity contribution is 5.94. The largest absolute Gasteiger partial charge is 0.416 e. The van der Waals surface area contributed by atoms with Crippen LogP contribution in [0.4, 0.5) is 17.6 Å². The molecule has 1 amide bonds. The minimum Gasteiger partial charge on any atom is -0.351 e. The molecule has 3 nitrogen and oxygen atoms in total. The summed E-state index contributed by atoms with van der Waals surface area (Å²) >= 11 is 0. The molecule has 0 aliphatic rings. The molecule has 0 unspecified atom stereocenters. The third kappa shape index (κ3) is 5.75. The van der Waals surface area contributed by atoms with Crippen LogP contribution in [-0.4, -0.2) is 25.5 Å². The average molecular weight is 315 g/mol. The molecule has 0 aromatic heterocycles. The van der Waals surface area contributed by atoms with Gasteiger partial charge >= 0.3 is 6.18 Å². The van der Waals surface area contributed by atoms with Crippen molar-refractivity contribution in [3.63, 3.8) is 0 Å². The highest BCUT2D eigenvalue weighted by atomic mass is 35.5. The van der Waals surface area contributed by atoms with Crippen molar-refractivity contribution in [2.24, 2.45) is 0 Å². The fourth-order valence-electron chi connectivity index (χ4n) is 1.43. The normalized spacial score (nSPS) is 10.8. The van der Waals surface area contributed by atoms with Gasteiger partial charge in [0.2, 0.25) is 0 Å². The Hall–Kier alpha value is -1.34. The Morgan fingerprint density at radius 2 is 1.85 bits per heavy atom. The van der Waals surface area contributed by atoms with E-state index in [1.54, 1.807) is 0 Å². The molecule has 1 aromatic rings. The zero-order chi connectivity index (χ0) is 14.5. The van der Waals surface area contributed by atoms with Gasteiger partial charge in [0.25, 0.3) is 5.91 Å². The number of alkyl halides is 3. The molecule has 8 heteroatoms. The second kappa shape index (κ2) is 8.06. The molecular weight excluding hydrogens is 300 g/mol. The van der Waals surface area contributed by atoms with Gasteiger partial charge in [-0.05, 0) is 24.7 Å². The molecule has 20 heavy (non-hydrogen) atoms. The molecule has 0 fully saturated rings. The Bertz CT molecular complexity index is 452. The maximum Gasteiger partial charge on any atom is 0.416 e. The van der Waals surface area contributed by atoms with Crippen molar-refractivity contribution in [3.8, 4) is 0 Å². The molecule has 0 radical (unpaired) electrons. The Kier molecular flexibility index (Phi) is 7.52. The van der Waals surface area contributed by atoms with Gasteiger partial charge in [-0.1, -0.05) is 6.92 Å². The zero-order valence-electron chi connectivity index (χ0n) is 10.7. The zero-order valence-corrected chi connectivity index (χ0v) is 11.5. The van der Waals surface area contributed by atoms with Crippen LogP contribution in [0.3, 0.4) is 0 Å². The number of benzene rings is 1. The standard InChI is InChI=1S/C12H14F4N2O.ClH/c1-2-17-3-4-18-11(19)8-5-9(12(14,15)16)7-10(13)6-8;/h5-7,17H,2-4H2,1H3,(H,18,19);1H. The van der Waals surface area contributed by atoms with Crippen LogP contribution in [0.1, 0.15) is 22.8 Å². The van der Waals surface area contributed by atoms with Crippen LogP contribution in [0, 0.1) is 5.82 Å². The van der Waals surface area contributed by atoms with E-state index < -0.39 is 23.5 Å². The van der Waals surface area contributed by atoms with Gasteiger partial charge in [0, 0.05) is 18.7 Å². The summed E-state index contributed by atoms with van der Waals surface area (Å²) < 4.78 is 50.4. The molecule has 0 bridgehead atoms. The van der Waals surface area contributed by atoms with Gasteiger partial charge in [0.15, 0.2) is 0 Å². The molecule has 0 atom stereocenters. The van der Waals surface area contributed by atoms with E-state index in [1.165, 1.54) is 0 Å². The lowest BCUT2D eigenvalue weighted by atomic mass is 10.1. The molecule has 2 N–H and O–H groups in total. The number of hydrogen-bond donors (Lipinski definition) is 2. The number of rotatable bonds is 5. The fraction of sp³-hybridized carbons (Fsp3) is 0.417. The molecule has 0 saturated heterocycles. The number of nitrogens with one attached hydrogen (secondary N) is 2. The van der Waals surface area contributed by atoms with Crippen LogP contribution in [0.25, 0.3) is 0 Å². The van der Waals surface area contributed by atoms with Crippen LogP contribution in [0.2, 0.25) is 0 Å². The third-order valence-electron chi connectivity index (χ3n) is 2.32. The van der Waals surface area contributed by atoms with Crippen molar-refractivity contribution in [1.82, 2.24) is 10.6 Å². The highest BCUT2D eigenvalue weighted by Crippen LogP contribution is 2.30. The molecular formula is C12H15ClF4N2O. The van der Waals surface area contributed by atoms with Gasteiger partial charge in [0.1, 0.15) is 5.82 Å². The van der Waals surface area contributed by atoms with Gasteiger partial charge in [-0.3, -0.25) is 4.79 Å². The first-order valence-corrected chi connectivity index (χ1v) is 5.71. The quantitative estimate of drug-likeness (QED) is 0.648. The van der Waals surface area contributed by atoms with Gasteiger partial charge in [-0.2, -0.15) is 13.2 Å². The van der Waals surface area contributed by atoms with Crippen molar-refractivity contribution in [3.05, 3.63) is 35.1 Å². The lowest BCUT2D eigenvalue weighted by Crippen LogP contribution is -2.31. The molecule has 1 rings (SSSR count). The second-order valence-electron chi connectivity index (χ2n) is 3.84. The summed E-state index contributed by atoms with van der Waals surface area (Å²) in [6, 6.07) is 1.76. The van der Waals surface area contributed by atoms with Crippen LogP contribution in [0.15, 0.2) is 18.2 Å². The minimum atomic E-state index is -4.68. The minimum absolute atomic E-state index is 0. The van der Waals surface area contributed by atoms with E-state index in [1.807, 2.05) is 6.92 Å². The van der Waals surface area contributed by atoms with Gasteiger partial charge in [-0.15, -0.1) is 12.4 Å². The average Bonchev–Trinajstić information content (AvgIpc) is 2.32. The molecule has 0 aliphatic carbocycles. The number of likely N-dealkylation sites (N-methyl/N-ethyl adjacent to an activating group) is 1. The van der Waals surface area contributed by atoms with Crippen molar-refractivity contribution < 1.29 is 22.4 Å². The summed E-state index contributed by atoms with van der Waals surface area (Å²) in [6.07, 6.45) is -4.68. The summed E-state index contributed by atoms with van der Waals surface area (Å²) in [7, 11) is 0. The van der Waals surface area contributed by atoms with Gasteiger partial charge < -0.3 is 10.6 Å². The van der Waals surface area contributed by atoms with E-state index in [0.717, 1.165) is 6.07 Å². The van der Waals surface area contributed by atoms with Crippen molar-refractivity contribution in [1.29, 1.82) is 0 Å². The lowest BCUT2D eigenvalue weighted by Gasteiger charge is -2.10. The summed E-state index contributed by atoms with van der Waals surface area (Å²) in [5, 5.41) is 5.34.